The number of esters is 2. The van der Waals surface area contributed by atoms with Crippen LogP contribution in [0.15, 0.2) is 23.3 Å². The Balaban J connectivity index is 1.45. The molecule has 12 atom stereocenters. The first-order valence-electron chi connectivity index (χ1n) is 15.4. The molecular weight excluding hydrogens is 508 g/mol. The molecule has 0 aromatic rings. The van der Waals surface area contributed by atoms with E-state index in [1.807, 2.05) is 13.8 Å². The maximum absolute atomic E-state index is 13.1. The maximum Gasteiger partial charge on any atom is 0.330 e. The van der Waals surface area contributed by atoms with Crippen molar-refractivity contribution in [2.24, 2.45) is 45.3 Å². The van der Waals surface area contributed by atoms with Gasteiger partial charge in [-0.15, -0.1) is 0 Å². The zero-order valence-electron chi connectivity index (χ0n) is 25.3. The molecule has 0 spiro atoms. The van der Waals surface area contributed by atoms with Crippen molar-refractivity contribution in [3.63, 3.8) is 0 Å². The third kappa shape index (κ3) is 3.72. The standard InChI is InChI=1S/C33H48O7/c1-18(2)14-26(35)40-25-15-24(39-19(3)34)31(5)17-38-27-28(31)33(25,7)23-10-12-30(4)21(20-11-13-37-16-20)8-9-22(30)32(23,6)29(27)36/h9,14,20-21,23-25,27-29,36H,8,10-13,15-17H2,1-7H3/t20-,21-,23-,24+,25-,27+,28?,29+,30-,31+,32-,33-/m0/s1. The molecule has 7 heteroatoms. The number of carbonyl (C=O) groups is 2. The van der Waals surface area contributed by atoms with Crippen molar-refractivity contribution in [2.45, 2.75) is 105 Å². The van der Waals surface area contributed by atoms with E-state index < -0.39 is 40.7 Å². The number of aliphatic hydroxyl groups excluding tert-OH is 1. The van der Waals surface area contributed by atoms with Crippen molar-refractivity contribution in [3.05, 3.63) is 23.3 Å². The maximum atomic E-state index is 13.1. The molecule has 40 heavy (non-hydrogen) atoms. The van der Waals surface area contributed by atoms with E-state index in [-0.39, 0.29) is 29.2 Å². The normalized spacial score (nSPS) is 50.8. The largest absolute Gasteiger partial charge is 0.462 e. The van der Waals surface area contributed by atoms with Crippen molar-refractivity contribution >= 4 is 11.9 Å². The summed E-state index contributed by atoms with van der Waals surface area (Å²) < 4.78 is 24.7. The van der Waals surface area contributed by atoms with Crippen LogP contribution in [0.1, 0.15) is 80.6 Å². The van der Waals surface area contributed by atoms with Gasteiger partial charge in [-0.05, 0) is 62.7 Å². The average Bonchev–Trinajstić information content (AvgIpc) is 3.58. The fraction of sp³-hybridized carbons (Fsp3) is 0.818. The van der Waals surface area contributed by atoms with Gasteiger partial charge in [-0.1, -0.05) is 44.9 Å². The van der Waals surface area contributed by atoms with Gasteiger partial charge in [0, 0.05) is 54.8 Å². The van der Waals surface area contributed by atoms with Crippen LogP contribution < -0.4 is 0 Å². The Morgan fingerprint density at radius 1 is 1.07 bits per heavy atom. The molecule has 7 nitrogen and oxygen atoms in total. The predicted octanol–water partition coefficient (Wildman–Crippen LogP) is 5.01. The van der Waals surface area contributed by atoms with Crippen LogP contribution >= 0.6 is 0 Å². The molecule has 0 aromatic carbocycles. The van der Waals surface area contributed by atoms with Crippen molar-refractivity contribution < 1.29 is 33.6 Å². The average molecular weight is 557 g/mol. The fourth-order valence-electron chi connectivity index (χ4n) is 11.1. The highest BCUT2D eigenvalue weighted by Crippen LogP contribution is 2.75. The van der Waals surface area contributed by atoms with Gasteiger partial charge in [0.2, 0.25) is 0 Å². The highest BCUT2D eigenvalue weighted by Gasteiger charge is 2.77. The Labute approximate surface area is 239 Å². The number of ether oxygens (including phenoxy) is 4. The van der Waals surface area contributed by atoms with Crippen LogP contribution in [0, 0.1) is 45.3 Å². The van der Waals surface area contributed by atoms with E-state index in [2.05, 4.69) is 33.8 Å². The third-order valence-corrected chi connectivity index (χ3v) is 12.6. The minimum Gasteiger partial charge on any atom is -0.462 e. The number of fused-ring (bicyclic) bond motifs is 4. The zero-order valence-corrected chi connectivity index (χ0v) is 25.3. The predicted molar refractivity (Wildman–Crippen MR) is 149 cm³/mol. The summed E-state index contributed by atoms with van der Waals surface area (Å²) in [4.78, 5) is 25.4. The van der Waals surface area contributed by atoms with Crippen molar-refractivity contribution in [1.29, 1.82) is 0 Å². The molecule has 0 radical (unpaired) electrons. The highest BCUT2D eigenvalue weighted by atomic mass is 16.6. The number of aliphatic hydroxyl groups is 1. The summed E-state index contributed by atoms with van der Waals surface area (Å²) in [7, 11) is 0. The molecule has 5 fully saturated rings. The van der Waals surface area contributed by atoms with Gasteiger partial charge in [0.1, 0.15) is 12.2 Å². The van der Waals surface area contributed by atoms with Crippen molar-refractivity contribution in [1.82, 2.24) is 0 Å². The molecule has 1 unspecified atom stereocenters. The number of hydrogen-bond acceptors (Lipinski definition) is 7. The van der Waals surface area contributed by atoms with E-state index >= 15 is 0 Å². The second kappa shape index (κ2) is 9.40. The summed E-state index contributed by atoms with van der Waals surface area (Å²) >= 11 is 0. The quantitative estimate of drug-likeness (QED) is 0.296. The summed E-state index contributed by atoms with van der Waals surface area (Å²) in [5.74, 6) is 0.313. The number of allylic oxidation sites excluding steroid dienone is 2. The topological polar surface area (TPSA) is 91.3 Å². The lowest BCUT2D eigenvalue weighted by Gasteiger charge is -2.69. The summed E-state index contributed by atoms with van der Waals surface area (Å²) in [6, 6.07) is 0. The van der Waals surface area contributed by atoms with Gasteiger partial charge in [-0.25, -0.2) is 4.79 Å². The summed E-state index contributed by atoms with van der Waals surface area (Å²) in [5, 5.41) is 12.4. The lowest BCUT2D eigenvalue weighted by atomic mass is 9.36. The fourth-order valence-corrected chi connectivity index (χ4v) is 11.1. The summed E-state index contributed by atoms with van der Waals surface area (Å²) in [5.41, 5.74) is 0.777. The molecule has 2 aliphatic heterocycles. The lowest BCUT2D eigenvalue weighted by Crippen LogP contribution is -2.73. The molecule has 6 rings (SSSR count). The Kier molecular flexibility index (Phi) is 6.68. The molecule has 3 saturated carbocycles. The second-order valence-corrected chi connectivity index (χ2v) is 14.9. The van der Waals surface area contributed by atoms with E-state index in [4.69, 9.17) is 18.9 Å². The van der Waals surface area contributed by atoms with Gasteiger partial charge in [0.05, 0.1) is 18.8 Å². The molecule has 1 N–H and O–H groups in total. The monoisotopic (exact) mass is 556 g/mol. The van der Waals surface area contributed by atoms with Gasteiger partial charge in [0.15, 0.2) is 0 Å². The van der Waals surface area contributed by atoms with E-state index in [0.717, 1.165) is 44.5 Å². The highest BCUT2D eigenvalue weighted by molar-refractivity contribution is 5.82. The van der Waals surface area contributed by atoms with E-state index in [0.29, 0.717) is 24.9 Å². The minimum absolute atomic E-state index is 0.00111. The second-order valence-electron chi connectivity index (χ2n) is 14.9. The van der Waals surface area contributed by atoms with Crippen molar-refractivity contribution in [3.8, 4) is 0 Å². The smallest absolute Gasteiger partial charge is 0.330 e. The van der Waals surface area contributed by atoms with Gasteiger partial charge in [0.25, 0.3) is 0 Å². The molecule has 4 aliphatic carbocycles. The van der Waals surface area contributed by atoms with Gasteiger partial charge < -0.3 is 24.1 Å². The molecule has 6 aliphatic rings. The number of carbonyl (C=O) groups excluding carboxylic acids is 2. The molecule has 2 heterocycles. The molecule has 2 saturated heterocycles. The Morgan fingerprint density at radius 3 is 2.48 bits per heavy atom. The SMILES string of the molecule is CC(=O)O[C@@H]1C[C@H](OC(=O)C=C(C)C)[C@@]2(C)C3[C@@H](OC[C@@]31C)[C@@H](O)[C@@]1(C)C3=CC[C@@H]([C@H]4CCOC4)[C@]3(C)CC[C@@H]12. The molecular formula is C33H48O7. The van der Waals surface area contributed by atoms with E-state index in [1.54, 1.807) is 6.08 Å². The van der Waals surface area contributed by atoms with E-state index in [1.165, 1.54) is 12.5 Å². The van der Waals surface area contributed by atoms with Gasteiger partial charge >= 0.3 is 11.9 Å². The first-order chi connectivity index (χ1) is 18.8. The van der Waals surface area contributed by atoms with Crippen LogP contribution in [-0.2, 0) is 28.5 Å². The number of hydrogen-bond donors (Lipinski definition) is 1. The molecule has 0 aromatic heterocycles. The lowest BCUT2D eigenvalue weighted by molar-refractivity contribution is -0.263. The van der Waals surface area contributed by atoms with Crippen LogP contribution in [0.3, 0.4) is 0 Å². The first-order valence-corrected chi connectivity index (χ1v) is 15.4. The van der Waals surface area contributed by atoms with Crippen molar-refractivity contribution in [2.75, 3.05) is 19.8 Å². The van der Waals surface area contributed by atoms with Crippen LogP contribution in [0.2, 0.25) is 0 Å². The van der Waals surface area contributed by atoms with Crippen LogP contribution in [0.4, 0.5) is 0 Å². The molecule has 0 amide bonds. The zero-order chi connectivity index (χ0) is 28.8. The summed E-state index contributed by atoms with van der Waals surface area (Å²) in [6.07, 6.45) is 6.46. The third-order valence-electron chi connectivity index (χ3n) is 12.6. The number of rotatable bonds is 4. The Hall–Kier alpha value is -1.70. The van der Waals surface area contributed by atoms with Crippen LogP contribution in [-0.4, -0.2) is 61.3 Å². The van der Waals surface area contributed by atoms with Crippen LogP contribution in [0.25, 0.3) is 0 Å². The first kappa shape index (κ1) is 28.4. The Bertz CT molecular complexity index is 1130. The summed E-state index contributed by atoms with van der Waals surface area (Å²) in [6.45, 7) is 16.4. The Morgan fingerprint density at radius 2 is 1.82 bits per heavy atom. The van der Waals surface area contributed by atoms with Gasteiger partial charge in [-0.2, -0.15) is 0 Å². The molecule has 0 bridgehead atoms. The molecule has 222 valence electrons. The van der Waals surface area contributed by atoms with Gasteiger partial charge in [-0.3, -0.25) is 4.79 Å². The van der Waals surface area contributed by atoms with Crippen LogP contribution in [0.5, 0.6) is 0 Å². The van der Waals surface area contributed by atoms with E-state index in [9.17, 15) is 14.7 Å². The minimum atomic E-state index is -0.702.